The highest BCUT2D eigenvalue weighted by Crippen LogP contribution is 2.23. The van der Waals surface area contributed by atoms with Crippen molar-refractivity contribution in [2.24, 2.45) is 5.92 Å². The summed E-state index contributed by atoms with van der Waals surface area (Å²) in [6.07, 6.45) is 2.96. The molecule has 0 spiro atoms. The molecular formula is C15H19F2NO2. The SMILES string of the molecule is O=C(Cc1c(F)cccc1F)NC[C@H]1CCCC[C@@H]1O. The molecule has 0 aromatic heterocycles. The summed E-state index contributed by atoms with van der Waals surface area (Å²) in [5, 5.41) is 12.4. The van der Waals surface area contributed by atoms with Gasteiger partial charge < -0.3 is 10.4 Å². The molecule has 1 saturated carbocycles. The van der Waals surface area contributed by atoms with E-state index >= 15 is 0 Å². The number of hydrogen-bond acceptors (Lipinski definition) is 2. The van der Waals surface area contributed by atoms with Crippen LogP contribution in [0.4, 0.5) is 8.78 Å². The van der Waals surface area contributed by atoms with Crippen molar-refractivity contribution < 1.29 is 18.7 Å². The van der Waals surface area contributed by atoms with E-state index in [2.05, 4.69) is 5.32 Å². The van der Waals surface area contributed by atoms with Crippen molar-refractivity contribution in [3.63, 3.8) is 0 Å². The molecule has 5 heteroatoms. The predicted molar refractivity (Wildman–Crippen MR) is 71.0 cm³/mol. The Labute approximate surface area is 117 Å². The zero-order valence-corrected chi connectivity index (χ0v) is 11.2. The summed E-state index contributed by atoms with van der Waals surface area (Å²) < 4.78 is 26.8. The molecule has 2 N–H and O–H groups in total. The molecule has 110 valence electrons. The fourth-order valence-corrected chi connectivity index (χ4v) is 2.60. The largest absolute Gasteiger partial charge is 0.393 e. The van der Waals surface area contributed by atoms with Gasteiger partial charge in [0.05, 0.1) is 12.5 Å². The van der Waals surface area contributed by atoms with Gasteiger partial charge in [0.1, 0.15) is 11.6 Å². The maximum Gasteiger partial charge on any atom is 0.224 e. The van der Waals surface area contributed by atoms with Gasteiger partial charge >= 0.3 is 0 Å². The molecule has 3 nitrogen and oxygen atoms in total. The second-order valence-electron chi connectivity index (χ2n) is 5.29. The van der Waals surface area contributed by atoms with Gasteiger partial charge in [0.25, 0.3) is 0 Å². The fourth-order valence-electron chi connectivity index (χ4n) is 2.60. The van der Waals surface area contributed by atoms with Crippen molar-refractivity contribution in [3.8, 4) is 0 Å². The van der Waals surface area contributed by atoms with Gasteiger partial charge in [-0.2, -0.15) is 0 Å². The number of aliphatic hydroxyl groups excluding tert-OH is 1. The molecule has 0 saturated heterocycles. The Morgan fingerprint density at radius 2 is 1.90 bits per heavy atom. The second-order valence-corrected chi connectivity index (χ2v) is 5.29. The fraction of sp³-hybridized carbons (Fsp3) is 0.533. The van der Waals surface area contributed by atoms with E-state index in [-0.39, 0.29) is 17.9 Å². The zero-order valence-electron chi connectivity index (χ0n) is 11.2. The number of rotatable bonds is 4. The Bertz CT molecular complexity index is 459. The van der Waals surface area contributed by atoms with E-state index in [1.165, 1.54) is 6.07 Å². The van der Waals surface area contributed by atoms with Crippen LogP contribution in [0.2, 0.25) is 0 Å². The van der Waals surface area contributed by atoms with Gasteiger partial charge in [-0.05, 0) is 25.0 Å². The number of amides is 1. The summed E-state index contributed by atoms with van der Waals surface area (Å²) in [5.41, 5.74) is -0.214. The minimum Gasteiger partial charge on any atom is -0.393 e. The van der Waals surface area contributed by atoms with E-state index in [1.807, 2.05) is 0 Å². The van der Waals surface area contributed by atoms with E-state index in [0.29, 0.717) is 6.54 Å². The number of halogens is 2. The lowest BCUT2D eigenvalue weighted by Crippen LogP contribution is -2.37. The normalized spacial score (nSPS) is 22.6. The van der Waals surface area contributed by atoms with Crippen LogP contribution in [0.3, 0.4) is 0 Å². The van der Waals surface area contributed by atoms with Crippen LogP contribution in [0.25, 0.3) is 0 Å². The highest BCUT2D eigenvalue weighted by Gasteiger charge is 2.23. The predicted octanol–water partition coefficient (Wildman–Crippen LogP) is 2.17. The Morgan fingerprint density at radius 3 is 2.55 bits per heavy atom. The molecule has 1 aromatic carbocycles. The van der Waals surface area contributed by atoms with Gasteiger partial charge in [-0.1, -0.05) is 18.9 Å². The highest BCUT2D eigenvalue weighted by atomic mass is 19.1. The Morgan fingerprint density at radius 1 is 1.25 bits per heavy atom. The lowest BCUT2D eigenvalue weighted by molar-refractivity contribution is -0.121. The summed E-state index contributed by atoms with van der Waals surface area (Å²) in [6.45, 7) is 0.357. The monoisotopic (exact) mass is 283 g/mol. The van der Waals surface area contributed by atoms with Crippen LogP contribution in [0.5, 0.6) is 0 Å². The summed E-state index contributed by atoms with van der Waals surface area (Å²) in [6, 6.07) is 3.54. The van der Waals surface area contributed by atoms with Gasteiger partial charge in [-0.25, -0.2) is 8.78 Å². The van der Waals surface area contributed by atoms with Crippen LogP contribution in [0.1, 0.15) is 31.2 Å². The van der Waals surface area contributed by atoms with Crippen molar-refractivity contribution in [1.82, 2.24) is 5.32 Å². The minimum atomic E-state index is -0.710. The quantitative estimate of drug-likeness (QED) is 0.889. The van der Waals surface area contributed by atoms with E-state index in [4.69, 9.17) is 0 Å². The Hall–Kier alpha value is -1.49. The summed E-state index contributed by atoms with van der Waals surface area (Å²) in [5.74, 6) is -1.80. The first kappa shape index (κ1) is 14.9. The zero-order chi connectivity index (χ0) is 14.5. The molecule has 1 amide bonds. The highest BCUT2D eigenvalue weighted by molar-refractivity contribution is 5.78. The van der Waals surface area contributed by atoms with Crippen molar-refractivity contribution >= 4 is 5.91 Å². The Kier molecular flexibility index (Phi) is 5.06. The molecule has 0 radical (unpaired) electrons. The Balaban J connectivity index is 1.86. The molecular weight excluding hydrogens is 264 g/mol. The average Bonchev–Trinajstić information content (AvgIpc) is 2.42. The van der Waals surface area contributed by atoms with E-state index < -0.39 is 23.6 Å². The third-order valence-corrected chi connectivity index (χ3v) is 3.83. The first-order valence-electron chi connectivity index (χ1n) is 6.95. The molecule has 0 heterocycles. The average molecular weight is 283 g/mol. The summed E-state index contributed by atoms with van der Waals surface area (Å²) >= 11 is 0. The molecule has 1 aliphatic rings. The van der Waals surface area contributed by atoms with Crippen molar-refractivity contribution in [1.29, 1.82) is 0 Å². The van der Waals surface area contributed by atoms with Crippen molar-refractivity contribution in [3.05, 3.63) is 35.4 Å². The molecule has 0 aliphatic heterocycles. The first-order chi connectivity index (χ1) is 9.58. The molecule has 0 unspecified atom stereocenters. The lowest BCUT2D eigenvalue weighted by atomic mass is 9.86. The lowest BCUT2D eigenvalue weighted by Gasteiger charge is -2.27. The third-order valence-electron chi connectivity index (χ3n) is 3.83. The molecule has 20 heavy (non-hydrogen) atoms. The van der Waals surface area contributed by atoms with Gasteiger partial charge in [0, 0.05) is 18.0 Å². The molecule has 2 rings (SSSR count). The van der Waals surface area contributed by atoms with Crippen molar-refractivity contribution in [2.75, 3.05) is 6.54 Å². The second kappa shape index (κ2) is 6.79. The first-order valence-corrected chi connectivity index (χ1v) is 6.95. The molecule has 1 fully saturated rings. The van der Waals surface area contributed by atoms with E-state index in [1.54, 1.807) is 0 Å². The maximum absolute atomic E-state index is 13.4. The molecule has 1 aromatic rings. The number of aliphatic hydroxyl groups is 1. The van der Waals surface area contributed by atoms with Gasteiger partial charge in [0.2, 0.25) is 5.91 Å². The van der Waals surface area contributed by atoms with Crippen LogP contribution < -0.4 is 5.32 Å². The molecule has 0 bridgehead atoms. The molecule has 2 atom stereocenters. The summed E-state index contributed by atoms with van der Waals surface area (Å²) in [4.78, 5) is 11.7. The maximum atomic E-state index is 13.4. The smallest absolute Gasteiger partial charge is 0.224 e. The number of carbonyl (C=O) groups excluding carboxylic acids is 1. The number of hydrogen-bond donors (Lipinski definition) is 2. The standard InChI is InChI=1S/C15H19F2NO2/c16-12-5-3-6-13(17)11(12)8-15(20)18-9-10-4-1-2-7-14(10)19/h3,5-6,10,14,19H,1-2,4,7-9H2,(H,18,20)/t10-,14+/m1/s1. The van der Waals surface area contributed by atoms with Crippen molar-refractivity contribution in [2.45, 2.75) is 38.2 Å². The number of benzene rings is 1. The van der Waals surface area contributed by atoms with Crippen LogP contribution in [0.15, 0.2) is 18.2 Å². The van der Waals surface area contributed by atoms with Crippen LogP contribution in [0, 0.1) is 17.6 Å². The van der Waals surface area contributed by atoms with Crippen LogP contribution in [-0.4, -0.2) is 23.7 Å². The summed E-state index contributed by atoms with van der Waals surface area (Å²) in [7, 11) is 0. The van der Waals surface area contributed by atoms with Crippen LogP contribution in [-0.2, 0) is 11.2 Å². The number of nitrogens with one attached hydrogen (secondary N) is 1. The van der Waals surface area contributed by atoms with Crippen LogP contribution >= 0.6 is 0 Å². The van der Waals surface area contributed by atoms with Gasteiger partial charge in [0.15, 0.2) is 0 Å². The van der Waals surface area contributed by atoms with E-state index in [9.17, 15) is 18.7 Å². The minimum absolute atomic E-state index is 0.0400. The third kappa shape index (κ3) is 3.76. The topological polar surface area (TPSA) is 49.3 Å². The van der Waals surface area contributed by atoms with E-state index in [0.717, 1.165) is 37.8 Å². The van der Waals surface area contributed by atoms with Gasteiger partial charge in [-0.3, -0.25) is 4.79 Å². The number of carbonyl (C=O) groups is 1. The van der Waals surface area contributed by atoms with Gasteiger partial charge in [-0.15, -0.1) is 0 Å². The molecule has 1 aliphatic carbocycles.